The number of ether oxygens (including phenoxy) is 2. The van der Waals surface area contributed by atoms with Gasteiger partial charge in [-0.1, -0.05) is 23.7 Å². The molecular weight excluding hydrogens is 366 g/mol. The molecule has 0 aliphatic rings. The minimum Gasteiger partial charge on any atom is -0.490 e. The van der Waals surface area contributed by atoms with Gasteiger partial charge in [-0.25, -0.2) is 0 Å². The van der Waals surface area contributed by atoms with Crippen molar-refractivity contribution in [3.05, 3.63) is 59.3 Å². The van der Waals surface area contributed by atoms with E-state index in [1.54, 1.807) is 42.5 Å². The molecule has 0 atom stereocenters. The van der Waals surface area contributed by atoms with E-state index >= 15 is 0 Å². The first-order valence-electron chi connectivity index (χ1n) is 8.41. The van der Waals surface area contributed by atoms with E-state index in [1.807, 2.05) is 19.9 Å². The fraction of sp³-hybridized carbons (Fsp3) is 0.200. The number of rotatable bonds is 8. The molecule has 2 N–H and O–H groups in total. The van der Waals surface area contributed by atoms with E-state index in [2.05, 4.69) is 10.6 Å². The van der Waals surface area contributed by atoms with Gasteiger partial charge in [-0.3, -0.25) is 4.79 Å². The lowest BCUT2D eigenvalue weighted by atomic mass is 10.2. The Balaban J connectivity index is 2.14. The lowest BCUT2D eigenvalue weighted by Crippen LogP contribution is -2.14. The number of hydrogen-bond donors (Lipinski definition) is 2. The van der Waals surface area contributed by atoms with E-state index in [0.717, 1.165) is 0 Å². The fourth-order valence-corrected chi connectivity index (χ4v) is 2.38. The number of carbonyl (C=O) groups is 1. The van der Waals surface area contributed by atoms with Crippen LogP contribution >= 0.6 is 11.6 Å². The van der Waals surface area contributed by atoms with Gasteiger partial charge in [-0.2, -0.15) is 5.26 Å². The number of nitrogens with zero attached hydrogens (tertiary/aromatic N) is 1. The van der Waals surface area contributed by atoms with Crippen molar-refractivity contribution < 1.29 is 14.3 Å². The predicted molar refractivity (Wildman–Crippen MR) is 106 cm³/mol. The lowest BCUT2D eigenvalue weighted by molar-refractivity contribution is -0.112. The molecule has 2 aromatic carbocycles. The van der Waals surface area contributed by atoms with Gasteiger partial charge in [0.2, 0.25) is 0 Å². The Labute approximate surface area is 163 Å². The van der Waals surface area contributed by atoms with E-state index < -0.39 is 5.91 Å². The van der Waals surface area contributed by atoms with Gasteiger partial charge < -0.3 is 20.1 Å². The van der Waals surface area contributed by atoms with Gasteiger partial charge in [0.15, 0.2) is 11.5 Å². The molecule has 2 aromatic rings. The van der Waals surface area contributed by atoms with E-state index in [9.17, 15) is 10.1 Å². The quantitative estimate of drug-likeness (QED) is 0.512. The van der Waals surface area contributed by atoms with E-state index in [-0.39, 0.29) is 5.57 Å². The average Bonchev–Trinajstić information content (AvgIpc) is 2.66. The lowest BCUT2D eigenvalue weighted by Gasteiger charge is -2.12. The maximum atomic E-state index is 12.3. The molecule has 0 aliphatic carbocycles. The van der Waals surface area contributed by atoms with Crippen molar-refractivity contribution in [2.45, 2.75) is 13.8 Å². The van der Waals surface area contributed by atoms with Gasteiger partial charge >= 0.3 is 0 Å². The molecule has 0 aliphatic heterocycles. The Hall–Kier alpha value is -3.17. The molecule has 0 saturated heterocycles. The smallest absolute Gasteiger partial charge is 0.267 e. The van der Waals surface area contributed by atoms with Crippen molar-refractivity contribution >= 4 is 28.9 Å². The third-order valence-corrected chi connectivity index (χ3v) is 3.74. The number of carbonyl (C=O) groups excluding carboxylic acids is 1. The van der Waals surface area contributed by atoms with Crippen molar-refractivity contribution in [1.82, 2.24) is 0 Å². The Morgan fingerprint density at radius 1 is 1.15 bits per heavy atom. The molecule has 0 spiro atoms. The van der Waals surface area contributed by atoms with Crippen LogP contribution < -0.4 is 20.1 Å². The molecule has 0 radical (unpaired) electrons. The summed E-state index contributed by atoms with van der Waals surface area (Å²) < 4.78 is 11.1. The summed E-state index contributed by atoms with van der Waals surface area (Å²) in [7, 11) is 0. The highest BCUT2D eigenvalue weighted by molar-refractivity contribution is 6.33. The van der Waals surface area contributed by atoms with Crippen molar-refractivity contribution in [3.63, 3.8) is 0 Å². The molecule has 140 valence electrons. The van der Waals surface area contributed by atoms with Crippen LogP contribution in [-0.4, -0.2) is 19.1 Å². The van der Waals surface area contributed by atoms with Crippen LogP contribution in [0.4, 0.5) is 11.4 Å². The largest absolute Gasteiger partial charge is 0.490 e. The van der Waals surface area contributed by atoms with Crippen molar-refractivity contribution in [2.75, 3.05) is 23.8 Å². The van der Waals surface area contributed by atoms with E-state index in [4.69, 9.17) is 21.1 Å². The molecule has 2 rings (SSSR count). The first-order chi connectivity index (χ1) is 13.1. The second kappa shape index (κ2) is 10.1. The summed E-state index contributed by atoms with van der Waals surface area (Å²) in [6, 6.07) is 13.9. The Kier molecular flexibility index (Phi) is 7.53. The molecule has 0 saturated carbocycles. The molecule has 0 fully saturated rings. The van der Waals surface area contributed by atoms with E-state index in [1.165, 1.54) is 6.20 Å². The minimum absolute atomic E-state index is 0.0956. The highest BCUT2D eigenvalue weighted by Gasteiger charge is 2.11. The summed E-state index contributed by atoms with van der Waals surface area (Å²) in [5, 5.41) is 15.2. The Morgan fingerprint density at radius 2 is 1.85 bits per heavy atom. The summed E-state index contributed by atoms with van der Waals surface area (Å²) >= 11 is 6.02. The number of nitriles is 1. The zero-order valence-electron chi connectivity index (χ0n) is 15.1. The molecular formula is C20H20ClN3O3. The van der Waals surface area contributed by atoms with Crippen molar-refractivity contribution in [3.8, 4) is 17.6 Å². The summed E-state index contributed by atoms with van der Waals surface area (Å²) in [5.74, 6) is 0.650. The summed E-state index contributed by atoms with van der Waals surface area (Å²) in [4.78, 5) is 12.3. The number of nitrogens with one attached hydrogen (secondary N) is 2. The average molecular weight is 386 g/mol. The number of amides is 1. The molecule has 1 amide bonds. The summed E-state index contributed by atoms with van der Waals surface area (Å²) in [5.41, 5.74) is 0.993. The molecule has 6 nitrogen and oxygen atoms in total. The number of anilines is 2. The van der Waals surface area contributed by atoms with Gasteiger partial charge in [0, 0.05) is 18.0 Å². The standard InChI is InChI=1S/C20H20ClN3O3/c1-3-26-18-10-9-15(11-19(18)27-4-2)23-13-14(12-22)20(25)24-17-8-6-5-7-16(17)21/h5-11,13,23H,3-4H2,1-2H3,(H,24,25)/b14-13-. The molecule has 0 aromatic heterocycles. The highest BCUT2D eigenvalue weighted by Crippen LogP contribution is 2.30. The summed E-state index contributed by atoms with van der Waals surface area (Å²) in [6.07, 6.45) is 1.33. The van der Waals surface area contributed by atoms with Crippen LogP contribution in [-0.2, 0) is 4.79 Å². The van der Waals surface area contributed by atoms with Gasteiger partial charge in [0.25, 0.3) is 5.91 Å². The molecule has 7 heteroatoms. The van der Waals surface area contributed by atoms with Crippen LogP contribution in [0.25, 0.3) is 0 Å². The monoisotopic (exact) mass is 385 g/mol. The fourth-order valence-electron chi connectivity index (χ4n) is 2.20. The molecule has 0 unspecified atom stereocenters. The third-order valence-electron chi connectivity index (χ3n) is 3.41. The van der Waals surface area contributed by atoms with Gasteiger partial charge in [0.1, 0.15) is 11.6 Å². The molecule has 0 bridgehead atoms. The van der Waals surface area contributed by atoms with Crippen LogP contribution in [0.15, 0.2) is 54.2 Å². The summed E-state index contributed by atoms with van der Waals surface area (Å²) in [6.45, 7) is 4.78. The van der Waals surface area contributed by atoms with Crippen LogP contribution in [0.3, 0.4) is 0 Å². The zero-order chi connectivity index (χ0) is 19.6. The van der Waals surface area contributed by atoms with Crippen LogP contribution in [0.2, 0.25) is 5.02 Å². The maximum absolute atomic E-state index is 12.3. The third kappa shape index (κ3) is 5.66. The topological polar surface area (TPSA) is 83.4 Å². The first-order valence-corrected chi connectivity index (χ1v) is 8.79. The first kappa shape index (κ1) is 20.1. The minimum atomic E-state index is -0.561. The molecule has 0 heterocycles. The van der Waals surface area contributed by atoms with Crippen LogP contribution in [0.1, 0.15) is 13.8 Å². The number of hydrogen-bond acceptors (Lipinski definition) is 5. The highest BCUT2D eigenvalue weighted by atomic mass is 35.5. The second-order valence-corrected chi connectivity index (χ2v) is 5.68. The number of halogens is 1. The zero-order valence-corrected chi connectivity index (χ0v) is 15.8. The molecule has 27 heavy (non-hydrogen) atoms. The van der Waals surface area contributed by atoms with Gasteiger partial charge in [0.05, 0.1) is 23.9 Å². The van der Waals surface area contributed by atoms with Crippen molar-refractivity contribution in [2.24, 2.45) is 0 Å². The van der Waals surface area contributed by atoms with E-state index in [0.29, 0.717) is 41.1 Å². The van der Waals surface area contributed by atoms with Gasteiger partial charge in [-0.05, 0) is 38.1 Å². The Bertz CT molecular complexity index is 875. The second-order valence-electron chi connectivity index (χ2n) is 5.28. The predicted octanol–water partition coefficient (Wildman–Crippen LogP) is 4.60. The SMILES string of the molecule is CCOc1ccc(N/C=C(/C#N)C(=O)Nc2ccccc2Cl)cc1OCC. The van der Waals surface area contributed by atoms with Crippen LogP contribution in [0.5, 0.6) is 11.5 Å². The Morgan fingerprint density at radius 3 is 2.52 bits per heavy atom. The van der Waals surface area contributed by atoms with Crippen molar-refractivity contribution in [1.29, 1.82) is 5.26 Å². The van der Waals surface area contributed by atoms with Gasteiger partial charge in [-0.15, -0.1) is 0 Å². The number of benzene rings is 2. The number of para-hydroxylation sites is 1. The maximum Gasteiger partial charge on any atom is 0.267 e. The normalized spacial score (nSPS) is 10.7. The van der Waals surface area contributed by atoms with Crippen LogP contribution in [0, 0.1) is 11.3 Å².